The Bertz CT molecular complexity index is 399. The van der Waals surface area contributed by atoms with E-state index in [2.05, 4.69) is 17.0 Å². The Morgan fingerprint density at radius 3 is 2.67 bits per heavy atom. The lowest BCUT2D eigenvalue weighted by atomic mass is 9.97. The molecular formula is C15H21NO2. The molecule has 98 valence electrons. The third-order valence-corrected chi connectivity index (χ3v) is 3.55. The number of methoxy groups -OCH3 is 1. The van der Waals surface area contributed by atoms with Crippen molar-refractivity contribution in [3.05, 3.63) is 24.3 Å². The standard InChI is InChI=1S/C15H21NO2/c1-12(17)11-14-5-3-4-10-16(14)13-6-8-15(18-2)9-7-13/h6-9,14H,3-5,10-11H2,1-2H3. The normalized spacial score (nSPS) is 19.7. The average molecular weight is 247 g/mol. The van der Waals surface area contributed by atoms with E-state index in [0.29, 0.717) is 12.5 Å². The quantitative estimate of drug-likeness (QED) is 0.819. The summed E-state index contributed by atoms with van der Waals surface area (Å²) >= 11 is 0. The smallest absolute Gasteiger partial charge is 0.131 e. The lowest BCUT2D eigenvalue weighted by Crippen LogP contribution is -2.40. The zero-order valence-corrected chi connectivity index (χ0v) is 11.2. The molecule has 1 atom stereocenters. The van der Waals surface area contributed by atoms with Crippen molar-refractivity contribution in [1.82, 2.24) is 0 Å². The van der Waals surface area contributed by atoms with Crippen LogP contribution in [0, 0.1) is 0 Å². The van der Waals surface area contributed by atoms with E-state index in [4.69, 9.17) is 4.74 Å². The van der Waals surface area contributed by atoms with Crippen LogP contribution in [0.4, 0.5) is 5.69 Å². The first-order valence-electron chi connectivity index (χ1n) is 6.61. The minimum atomic E-state index is 0.278. The van der Waals surface area contributed by atoms with Gasteiger partial charge in [-0.1, -0.05) is 0 Å². The maximum absolute atomic E-state index is 11.3. The van der Waals surface area contributed by atoms with Gasteiger partial charge in [-0.15, -0.1) is 0 Å². The lowest BCUT2D eigenvalue weighted by molar-refractivity contribution is -0.117. The molecule has 1 heterocycles. The Hall–Kier alpha value is -1.51. The summed E-state index contributed by atoms with van der Waals surface area (Å²) in [4.78, 5) is 13.7. The third-order valence-electron chi connectivity index (χ3n) is 3.55. The van der Waals surface area contributed by atoms with E-state index in [9.17, 15) is 4.79 Å². The second kappa shape index (κ2) is 5.89. The van der Waals surface area contributed by atoms with Crippen molar-refractivity contribution in [2.24, 2.45) is 0 Å². The van der Waals surface area contributed by atoms with Gasteiger partial charge < -0.3 is 9.64 Å². The van der Waals surface area contributed by atoms with Gasteiger partial charge in [0.05, 0.1) is 7.11 Å². The maximum atomic E-state index is 11.3. The predicted octanol–water partition coefficient (Wildman–Crippen LogP) is 3.03. The molecule has 0 aromatic heterocycles. The van der Waals surface area contributed by atoms with Gasteiger partial charge >= 0.3 is 0 Å². The number of hydrogen-bond donors (Lipinski definition) is 0. The second-order valence-corrected chi connectivity index (χ2v) is 4.95. The number of nitrogens with zero attached hydrogens (tertiary/aromatic N) is 1. The third kappa shape index (κ3) is 3.03. The molecule has 0 N–H and O–H groups in total. The molecular weight excluding hydrogens is 226 g/mol. The summed E-state index contributed by atoms with van der Waals surface area (Å²) in [5.74, 6) is 1.15. The maximum Gasteiger partial charge on any atom is 0.131 e. The fraction of sp³-hybridized carbons (Fsp3) is 0.533. The minimum absolute atomic E-state index is 0.278. The van der Waals surface area contributed by atoms with Crippen LogP contribution in [-0.2, 0) is 4.79 Å². The monoisotopic (exact) mass is 247 g/mol. The number of benzene rings is 1. The van der Waals surface area contributed by atoms with Crippen LogP contribution in [0.3, 0.4) is 0 Å². The fourth-order valence-electron chi connectivity index (χ4n) is 2.66. The number of ketones is 1. The highest BCUT2D eigenvalue weighted by Crippen LogP contribution is 2.28. The van der Waals surface area contributed by atoms with Gasteiger partial charge in [-0.05, 0) is 50.5 Å². The molecule has 1 aliphatic heterocycles. The first-order valence-corrected chi connectivity index (χ1v) is 6.61. The Morgan fingerprint density at radius 1 is 1.33 bits per heavy atom. The summed E-state index contributed by atoms with van der Waals surface area (Å²) in [5.41, 5.74) is 1.20. The molecule has 1 aromatic rings. The highest BCUT2D eigenvalue weighted by molar-refractivity contribution is 5.76. The van der Waals surface area contributed by atoms with Crippen LogP contribution in [0.15, 0.2) is 24.3 Å². The van der Waals surface area contributed by atoms with Gasteiger partial charge in [0.15, 0.2) is 0 Å². The van der Waals surface area contributed by atoms with Crippen LogP contribution in [0.2, 0.25) is 0 Å². The molecule has 0 aliphatic carbocycles. The van der Waals surface area contributed by atoms with Gasteiger partial charge in [0.25, 0.3) is 0 Å². The van der Waals surface area contributed by atoms with E-state index in [1.807, 2.05) is 12.1 Å². The van der Waals surface area contributed by atoms with Gasteiger partial charge in [-0.25, -0.2) is 0 Å². The van der Waals surface area contributed by atoms with Crippen molar-refractivity contribution in [2.75, 3.05) is 18.6 Å². The first-order chi connectivity index (χ1) is 8.70. The Balaban J connectivity index is 2.13. The predicted molar refractivity (Wildman–Crippen MR) is 73.3 cm³/mol. The van der Waals surface area contributed by atoms with E-state index < -0.39 is 0 Å². The summed E-state index contributed by atoms with van der Waals surface area (Å²) in [6.07, 6.45) is 4.21. The highest BCUT2D eigenvalue weighted by atomic mass is 16.5. The lowest BCUT2D eigenvalue weighted by Gasteiger charge is -2.37. The van der Waals surface area contributed by atoms with Gasteiger partial charge in [-0.3, -0.25) is 4.79 Å². The SMILES string of the molecule is COc1ccc(N2CCCCC2CC(C)=O)cc1. The highest BCUT2D eigenvalue weighted by Gasteiger charge is 2.23. The molecule has 3 nitrogen and oxygen atoms in total. The molecule has 0 bridgehead atoms. The summed E-state index contributed by atoms with van der Waals surface area (Å²) in [7, 11) is 1.68. The molecule has 1 fully saturated rings. The fourth-order valence-corrected chi connectivity index (χ4v) is 2.66. The van der Waals surface area contributed by atoms with Gasteiger partial charge in [-0.2, -0.15) is 0 Å². The van der Waals surface area contributed by atoms with Gasteiger partial charge in [0.1, 0.15) is 11.5 Å². The van der Waals surface area contributed by atoms with Crippen molar-refractivity contribution < 1.29 is 9.53 Å². The van der Waals surface area contributed by atoms with Crippen LogP contribution in [0.5, 0.6) is 5.75 Å². The Morgan fingerprint density at radius 2 is 2.06 bits per heavy atom. The summed E-state index contributed by atoms with van der Waals surface area (Å²) in [5, 5.41) is 0. The van der Waals surface area contributed by atoms with Crippen molar-refractivity contribution in [3.63, 3.8) is 0 Å². The molecule has 1 unspecified atom stereocenters. The van der Waals surface area contributed by atoms with Gasteiger partial charge in [0, 0.05) is 24.7 Å². The summed E-state index contributed by atoms with van der Waals surface area (Å²) in [6.45, 7) is 2.73. The van der Waals surface area contributed by atoms with Crippen molar-refractivity contribution in [1.29, 1.82) is 0 Å². The number of anilines is 1. The topological polar surface area (TPSA) is 29.5 Å². The summed E-state index contributed by atoms with van der Waals surface area (Å²) in [6, 6.07) is 8.49. The van der Waals surface area contributed by atoms with Crippen LogP contribution in [0.1, 0.15) is 32.6 Å². The van der Waals surface area contributed by atoms with Gasteiger partial charge in [0.2, 0.25) is 0 Å². The molecule has 3 heteroatoms. The Kier molecular flexibility index (Phi) is 4.24. The largest absolute Gasteiger partial charge is 0.497 e. The molecule has 0 spiro atoms. The Labute approximate surface area is 109 Å². The molecule has 1 saturated heterocycles. The van der Waals surface area contributed by atoms with E-state index >= 15 is 0 Å². The van der Waals surface area contributed by atoms with E-state index in [0.717, 1.165) is 18.7 Å². The number of rotatable bonds is 4. The molecule has 1 aliphatic rings. The summed E-state index contributed by atoms with van der Waals surface area (Å²) < 4.78 is 5.18. The van der Waals surface area contributed by atoms with E-state index in [1.165, 1.54) is 18.5 Å². The molecule has 2 rings (SSSR count). The zero-order chi connectivity index (χ0) is 13.0. The number of ether oxygens (including phenoxy) is 1. The van der Waals surface area contributed by atoms with Crippen molar-refractivity contribution in [2.45, 2.75) is 38.6 Å². The van der Waals surface area contributed by atoms with Crippen LogP contribution in [0.25, 0.3) is 0 Å². The van der Waals surface area contributed by atoms with Crippen LogP contribution < -0.4 is 9.64 Å². The zero-order valence-electron chi connectivity index (χ0n) is 11.2. The molecule has 1 aromatic carbocycles. The molecule has 0 radical (unpaired) electrons. The number of carbonyl (C=O) groups excluding carboxylic acids is 1. The average Bonchev–Trinajstić information content (AvgIpc) is 2.39. The number of piperidine rings is 1. The van der Waals surface area contributed by atoms with Crippen LogP contribution in [-0.4, -0.2) is 25.5 Å². The number of carbonyl (C=O) groups is 1. The van der Waals surface area contributed by atoms with Crippen LogP contribution >= 0.6 is 0 Å². The van der Waals surface area contributed by atoms with E-state index in [1.54, 1.807) is 14.0 Å². The number of hydrogen-bond acceptors (Lipinski definition) is 3. The second-order valence-electron chi connectivity index (χ2n) is 4.95. The molecule has 0 amide bonds. The molecule has 0 saturated carbocycles. The molecule has 18 heavy (non-hydrogen) atoms. The van der Waals surface area contributed by atoms with Crippen molar-refractivity contribution >= 4 is 11.5 Å². The van der Waals surface area contributed by atoms with E-state index in [-0.39, 0.29) is 5.78 Å². The minimum Gasteiger partial charge on any atom is -0.497 e. The van der Waals surface area contributed by atoms with Crippen molar-refractivity contribution in [3.8, 4) is 5.75 Å². The first kappa shape index (κ1) is 12.9. The number of Topliss-reactive ketones (excluding diaryl/α,β-unsaturated/α-hetero) is 1.